The number of cyclic esters (lactones) is 1. The zero-order valence-electron chi connectivity index (χ0n) is 13.6. The lowest BCUT2D eigenvalue weighted by Gasteiger charge is -2.15. The van der Waals surface area contributed by atoms with Gasteiger partial charge in [-0.25, -0.2) is 9.79 Å². The monoisotopic (exact) mass is 333 g/mol. The average molecular weight is 333 g/mol. The van der Waals surface area contributed by atoms with E-state index >= 15 is 0 Å². The fourth-order valence-electron chi connectivity index (χ4n) is 2.74. The molecule has 2 heterocycles. The van der Waals surface area contributed by atoms with Gasteiger partial charge in [-0.3, -0.25) is 0 Å². The van der Waals surface area contributed by atoms with Gasteiger partial charge < -0.3 is 14.2 Å². The number of hydrogen-bond acceptors (Lipinski definition) is 5. The molecule has 25 heavy (non-hydrogen) atoms. The summed E-state index contributed by atoms with van der Waals surface area (Å²) in [7, 11) is 1.56. The molecule has 2 aromatic carbocycles. The molecule has 0 aromatic heterocycles. The molecule has 0 bridgehead atoms. The Bertz CT molecular complexity index is 940. The summed E-state index contributed by atoms with van der Waals surface area (Å²) in [6.45, 7) is 0.382. The number of esters is 1. The fourth-order valence-corrected chi connectivity index (χ4v) is 2.74. The Morgan fingerprint density at radius 2 is 1.92 bits per heavy atom. The van der Waals surface area contributed by atoms with E-state index < -0.39 is 5.97 Å². The van der Waals surface area contributed by atoms with E-state index in [0.29, 0.717) is 17.9 Å². The highest BCUT2D eigenvalue weighted by Crippen LogP contribution is 2.28. The van der Waals surface area contributed by atoms with Crippen LogP contribution < -0.4 is 9.47 Å². The molecular formula is C20H15NO4. The number of carbonyl (C=O) groups is 1. The highest BCUT2D eigenvalue weighted by Gasteiger charge is 2.26. The van der Waals surface area contributed by atoms with Gasteiger partial charge in [0.1, 0.15) is 18.1 Å². The number of hydrogen-bond donors (Lipinski definition) is 0. The van der Waals surface area contributed by atoms with Gasteiger partial charge >= 0.3 is 5.97 Å². The molecule has 2 aliphatic rings. The van der Waals surface area contributed by atoms with E-state index in [1.54, 1.807) is 25.3 Å². The van der Waals surface area contributed by atoms with Crippen LogP contribution in [-0.2, 0) is 9.53 Å². The van der Waals surface area contributed by atoms with E-state index in [2.05, 4.69) is 4.99 Å². The third kappa shape index (κ3) is 2.92. The molecule has 4 rings (SSSR count). The van der Waals surface area contributed by atoms with Gasteiger partial charge in [-0.15, -0.1) is 0 Å². The summed E-state index contributed by atoms with van der Waals surface area (Å²) in [6.07, 6.45) is 3.68. The van der Waals surface area contributed by atoms with Crippen molar-refractivity contribution in [1.29, 1.82) is 0 Å². The largest absolute Gasteiger partial charge is 0.496 e. The van der Waals surface area contributed by atoms with Crippen molar-refractivity contribution in [3.8, 4) is 11.5 Å². The normalized spacial score (nSPS) is 17.3. The predicted octanol–water partition coefficient (Wildman–Crippen LogP) is 3.36. The van der Waals surface area contributed by atoms with Crippen molar-refractivity contribution in [2.24, 2.45) is 4.99 Å². The predicted molar refractivity (Wildman–Crippen MR) is 93.6 cm³/mol. The minimum absolute atomic E-state index is 0.242. The van der Waals surface area contributed by atoms with Crippen LogP contribution >= 0.6 is 0 Å². The van der Waals surface area contributed by atoms with Crippen LogP contribution in [0.3, 0.4) is 0 Å². The molecule has 0 spiro atoms. The molecule has 0 saturated carbocycles. The molecule has 124 valence electrons. The van der Waals surface area contributed by atoms with Gasteiger partial charge in [-0.1, -0.05) is 30.3 Å². The highest BCUT2D eigenvalue weighted by molar-refractivity contribution is 6.12. The zero-order chi connectivity index (χ0) is 17.2. The number of aliphatic imine (C=N–C) groups is 1. The standard InChI is InChI=1S/C20H15NO4/c1-23-18-9-5-3-7-15(18)19-21-16(20(22)25-19)11-13-10-14-6-2-4-8-17(14)24-12-13/h2-11H,12H2,1H3. The first kappa shape index (κ1) is 15.2. The first-order valence-corrected chi connectivity index (χ1v) is 7.83. The van der Waals surface area contributed by atoms with E-state index in [-0.39, 0.29) is 11.6 Å². The van der Waals surface area contributed by atoms with Crippen LogP contribution in [0.15, 0.2) is 70.9 Å². The molecule has 5 heteroatoms. The number of fused-ring (bicyclic) bond motifs is 1. The van der Waals surface area contributed by atoms with Gasteiger partial charge in [0.2, 0.25) is 5.90 Å². The van der Waals surface area contributed by atoms with E-state index in [4.69, 9.17) is 14.2 Å². The second-order valence-electron chi connectivity index (χ2n) is 5.58. The molecule has 0 atom stereocenters. The maximum Gasteiger partial charge on any atom is 0.363 e. The lowest BCUT2D eigenvalue weighted by Crippen LogP contribution is -2.08. The van der Waals surface area contributed by atoms with Gasteiger partial charge in [0.15, 0.2) is 5.70 Å². The quantitative estimate of drug-likeness (QED) is 0.638. The number of methoxy groups -OCH3 is 1. The molecule has 2 aromatic rings. The number of nitrogens with zero attached hydrogens (tertiary/aromatic N) is 1. The van der Waals surface area contributed by atoms with Gasteiger partial charge in [0.25, 0.3) is 0 Å². The van der Waals surface area contributed by atoms with Gasteiger partial charge in [0, 0.05) is 5.56 Å². The Balaban J connectivity index is 1.67. The Labute approximate surface area is 144 Å². The van der Waals surface area contributed by atoms with Crippen LogP contribution in [0.4, 0.5) is 0 Å². The summed E-state index contributed by atoms with van der Waals surface area (Å²) < 4.78 is 16.3. The summed E-state index contributed by atoms with van der Waals surface area (Å²) in [5, 5.41) is 0. The van der Waals surface area contributed by atoms with Crippen LogP contribution in [0.2, 0.25) is 0 Å². The van der Waals surface area contributed by atoms with Crippen LogP contribution in [0.5, 0.6) is 11.5 Å². The van der Waals surface area contributed by atoms with Crippen molar-refractivity contribution in [3.63, 3.8) is 0 Å². The molecule has 0 N–H and O–H groups in total. The second-order valence-corrected chi connectivity index (χ2v) is 5.58. The first-order valence-electron chi connectivity index (χ1n) is 7.83. The number of carbonyl (C=O) groups excluding carboxylic acids is 1. The summed E-state index contributed by atoms with van der Waals surface area (Å²) in [5.74, 6) is 1.19. The lowest BCUT2D eigenvalue weighted by atomic mass is 10.1. The number of rotatable bonds is 3. The Morgan fingerprint density at radius 3 is 2.80 bits per heavy atom. The number of ether oxygens (including phenoxy) is 3. The molecule has 0 amide bonds. The molecule has 2 aliphatic heterocycles. The number of benzene rings is 2. The minimum Gasteiger partial charge on any atom is -0.496 e. The topological polar surface area (TPSA) is 57.1 Å². The fraction of sp³-hybridized carbons (Fsp3) is 0.100. The van der Waals surface area contributed by atoms with Gasteiger partial charge in [-0.2, -0.15) is 0 Å². The van der Waals surface area contributed by atoms with Crippen molar-refractivity contribution >= 4 is 17.9 Å². The maximum absolute atomic E-state index is 12.2. The third-order valence-electron chi connectivity index (χ3n) is 3.93. The Hall–Kier alpha value is -3.34. The van der Waals surface area contributed by atoms with E-state index in [0.717, 1.165) is 16.9 Å². The van der Waals surface area contributed by atoms with Crippen LogP contribution in [0.25, 0.3) is 6.08 Å². The third-order valence-corrected chi connectivity index (χ3v) is 3.93. The molecule has 5 nitrogen and oxygen atoms in total. The highest BCUT2D eigenvalue weighted by atomic mass is 16.6. The first-order chi connectivity index (χ1) is 12.2. The van der Waals surface area contributed by atoms with Crippen LogP contribution in [0.1, 0.15) is 11.1 Å². The summed E-state index contributed by atoms with van der Waals surface area (Å²) >= 11 is 0. The molecular weight excluding hydrogens is 318 g/mol. The minimum atomic E-state index is -0.485. The average Bonchev–Trinajstić information content (AvgIpc) is 3.02. The summed E-state index contributed by atoms with van der Waals surface area (Å²) in [6, 6.07) is 15.0. The van der Waals surface area contributed by atoms with Gasteiger partial charge in [0.05, 0.1) is 12.7 Å². The Morgan fingerprint density at radius 1 is 1.12 bits per heavy atom. The zero-order valence-corrected chi connectivity index (χ0v) is 13.6. The molecule has 0 fully saturated rings. The van der Waals surface area contributed by atoms with Crippen molar-refractivity contribution in [2.45, 2.75) is 0 Å². The van der Waals surface area contributed by atoms with Crippen LogP contribution in [-0.4, -0.2) is 25.6 Å². The smallest absolute Gasteiger partial charge is 0.363 e. The van der Waals surface area contributed by atoms with E-state index in [9.17, 15) is 4.79 Å². The molecule has 0 aliphatic carbocycles. The second kappa shape index (κ2) is 6.28. The van der Waals surface area contributed by atoms with Crippen molar-refractivity contribution < 1.29 is 19.0 Å². The molecule has 0 saturated heterocycles. The van der Waals surface area contributed by atoms with E-state index in [1.165, 1.54) is 0 Å². The maximum atomic E-state index is 12.2. The van der Waals surface area contributed by atoms with Gasteiger partial charge in [-0.05, 0) is 35.9 Å². The van der Waals surface area contributed by atoms with E-state index in [1.807, 2.05) is 42.5 Å². The number of para-hydroxylation sites is 2. The van der Waals surface area contributed by atoms with Crippen molar-refractivity contribution in [1.82, 2.24) is 0 Å². The SMILES string of the molecule is COc1ccccc1C1=NC(=CC2=Cc3ccccc3OC2)C(=O)O1. The van der Waals surface area contributed by atoms with Crippen molar-refractivity contribution in [3.05, 3.63) is 77.0 Å². The van der Waals surface area contributed by atoms with Crippen molar-refractivity contribution in [2.75, 3.05) is 13.7 Å². The van der Waals surface area contributed by atoms with Crippen LogP contribution in [0, 0.1) is 0 Å². The summed E-state index contributed by atoms with van der Waals surface area (Å²) in [4.78, 5) is 16.5. The Kier molecular flexibility index (Phi) is 3.82. The summed E-state index contributed by atoms with van der Waals surface area (Å²) in [5.41, 5.74) is 2.72. The molecule has 0 radical (unpaired) electrons. The molecule has 0 unspecified atom stereocenters. The lowest BCUT2D eigenvalue weighted by molar-refractivity contribution is -0.130.